The summed E-state index contributed by atoms with van der Waals surface area (Å²) in [5.74, 6) is 0. The molecule has 0 saturated carbocycles. The number of pyridine rings is 1. The number of nitrogens with one attached hydrogen (secondary N) is 1. The number of nitrogens with zero attached hydrogens (tertiary/aromatic N) is 2. The minimum atomic E-state index is 0.679. The van der Waals surface area contributed by atoms with Crippen molar-refractivity contribution in [1.82, 2.24) is 14.5 Å². The van der Waals surface area contributed by atoms with Crippen molar-refractivity contribution in [2.24, 2.45) is 0 Å². The van der Waals surface area contributed by atoms with Crippen LogP contribution in [0, 0.1) is 4.77 Å². The van der Waals surface area contributed by atoms with Crippen molar-refractivity contribution >= 4 is 35.0 Å². The van der Waals surface area contributed by atoms with Gasteiger partial charge in [0.2, 0.25) is 0 Å². The molecule has 0 unspecified atom stereocenters. The summed E-state index contributed by atoms with van der Waals surface area (Å²) < 4.78 is 2.66. The monoisotopic (exact) mass is 275 g/mol. The Morgan fingerprint density at radius 2 is 2.00 bits per heavy atom. The number of hydrogen-bond donors (Lipinski definition) is 1. The lowest BCUT2D eigenvalue weighted by Crippen LogP contribution is -2.00. The van der Waals surface area contributed by atoms with Crippen LogP contribution in [0.2, 0.25) is 5.02 Å². The van der Waals surface area contributed by atoms with Gasteiger partial charge in [-0.1, -0.05) is 23.7 Å². The molecule has 0 fully saturated rings. The van der Waals surface area contributed by atoms with Crippen LogP contribution in [0.3, 0.4) is 0 Å². The second-order valence-corrected chi connectivity index (χ2v) is 4.84. The van der Waals surface area contributed by atoms with Crippen LogP contribution in [0.5, 0.6) is 0 Å². The van der Waals surface area contributed by atoms with Gasteiger partial charge in [-0.2, -0.15) is 0 Å². The van der Waals surface area contributed by atoms with Gasteiger partial charge in [0, 0.05) is 11.2 Å². The van der Waals surface area contributed by atoms with Crippen molar-refractivity contribution in [2.75, 3.05) is 0 Å². The molecule has 18 heavy (non-hydrogen) atoms. The molecule has 0 spiro atoms. The summed E-state index contributed by atoms with van der Waals surface area (Å²) in [4.78, 5) is 7.50. The van der Waals surface area contributed by atoms with Crippen molar-refractivity contribution in [2.45, 2.75) is 6.54 Å². The maximum Gasteiger partial charge on any atom is 0.179 e. The van der Waals surface area contributed by atoms with E-state index in [0.29, 0.717) is 11.3 Å². The molecule has 3 aromatic rings. The molecule has 90 valence electrons. The van der Waals surface area contributed by atoms with Crippen LogP contribution < -0.4 is 0 Å². The van der Waals surface area contributed by atoms with E-state index in [1.165, 1.54) is 0 Å². The molecule has 3 rings (SSSR count). The number of imidazole rings is 1. The van der Waals surface area contributed by atoms with E-state index in [-0.39, 0.29) is 0 Å². The molecule has 3 nitrogen and oxygen atoms in total. The van der Waals surface area contributed by atoms with Crippen LogP contribution in [-0.4, -0.2) is 14.5 Å². The third-order valence-electron chi connectivity index (χ3n) is 2.78. The summed E-state index contributed by atoms with van der Waals surface area (Å²) in [6, 6.07) is 11.6. The molecule has 0 aliphatic carbocycles. The Morgan fingerprint density at radius 1 is 1.22 bits per heavy atom. The van der Waals surface area contributed by atoms with E-state index in [1.54, 1.807) is 6.20 Å². The maximum atomic E-state index is 5.87. The summed E-state index contributed by atoms with van der Waals surface area (Å²) in [5.41, 5.74) is 2.97. The highest BCUT2D eigenvalue weighted by molar-refractivity contribution is 7.71. The zero-order valence-electron chi connectivity index (χ0n) is 9.43. The van der Waals surface area contributed by atoms with Gasteiger partial charge < -0.3 is 4.98 Å². The molecule has 0 aliphatic rings. The molecule has 0 atom stereocenters. The smallest absolute Gasteiger partial charge is 0.179 e. The molecular weight excluding hydrogens is 266 g/mol. The highest BCUT2D eigenvalue weighted by atomic mass is 35.5. The van der Waals surface area contributed by atoms with E-state index < -0.39 is 0 Å². The standard InChI is InChI=1S/C13H10ClN3S/c14-10-5-3-9(4-6-10)8-17-12-11(16-13(17)18)2-1-7-15-12/h1-7H,8H2,(H,16,18). The summed E-state index contributed by atoms with van der Waals surface area (Å²) in [6.07, 6.45) is 1.77. The fourth-order valence-electron chi connectivity index (χ4n) is 1.91. The van der Waals surface area contributed by atoms with Gasteiger partial charge in [0.05, 0.1) is 12.1 Å². The van der Waals surface area contributed by atoms with Crippen LogP contribution in [0.25, 0.3) is 11.2 Å². The first-order chi connectivity index (χ1) is 8.74. The van der Waals surface area contributed by atoms with Crippen LogP contribution in [0.4, 0.5) is 0 Å². The van der Waals surface area contributed by atoms with Crippen LogP contribution in [-0.2, 0) is 6.54 Å². The largest absolute Gasteiger partial charge is 0.329 e. The van der Waals surface area contributed by atoms with E-state index in [0.717, 1.165) is 21.7 Å². The van der Waals surface area contributed by atoms with Gasteiger partial charge >= 0.3 is 0 Å². The van der Waals surface area contributed by atoms with Crippen LogP contribution in [0.15, 0.2) is 42.6 Å². The van der Waals surface area contributed by atoms with Crippen LogP contribution in [0.1, 0.15) is 5.56 Å². The zero-order chi connectivity index (χ0) is 12.5. The average Bonchev–Trinajstić information content (AvgIpc) is 2.69. The Morgan fingerprint density at radius 3 is 2.78 bits per heavy atom. The highest BCUT2D eigenvalue weighted by Crippen LogP contribution is 2.15. The predicted molar refractivity (Wildman–Crippen MR) is 75.5 cm³/mol. The molecule has 0 saturated heterocycles. The SMILES string of the molecule is S=c1[nH]c2cccnc2n1Cc1ccc(Cl)cc1. The van der Waals surface area contributed by atoms with E-state index in [1.807, 2.05) is 41.0 Å². The van der Waals surface area contributed by atoms with Gasteiger partial charge in [-0.15, -0.1) is 0 Å². The predicted octanol–water partition coefficient (Wildman–Crippen LogP) is 3.80. The van der Waals surface area contributed by atoms with Crippen LogP contribution >= 0.6 is 23.8 Å². The molecule has 1 aromatic carbocycles. The Bertz CT molecular complexity index is 743. The number of halogens is 1. The van der Waals surface area contributed by atoms with Gasteiger partial charge in [-0.3, -0.25) is 4.57 Å². The van der Waals surface area contributed by atoms with E-state index >= 15 is 0 Å². The van der Waals surface area contributed by atoms with Gasteiger partial charge in [0.1, 0.15) is 0 Å². The Labute approximate surface area is 114 Å². The molecular formula is C13H10ClN3S. The number of fused-ring (bicyclic) bond motifs is 1. The zero-order valence-corrected chi connectivity index (χ0v) is 11.0. The number of H-pyrrole nitrogens is 1. The second-order valence-electron chi connectivity index (χ2n) is 4.02. The summed E-state index contributed by atoms with van der Waals surface area (Å²) in [6.45, 7) is 0.688. The summed E-state index contributed by atoms with van der Waals surface area (Å²) >= 11 is 11.2. The van der Waals surface area contributed by atoms with Crippen molar-refractivity contribution in [3.63, 3.8) is 0 Å². The number of benzene rings is 1. The van der Waals surface area contributed by atoms with Crippen molar-refractivity contribution in [3.8, 4) is 0 Å². The molecule has 0 amide bonds. The Kier molecular flexibility index (Phi) is 2.89. The summed E-state index contributed by atoms with van der Waals surface area (Å²) in [7, 11) is 0. The first-order valence-electron chi connectivity index (χ1n) is 5.52. The minimum Gasteiger partial charge on any atom is -0.329 e. The van der Waals surface area contributed by atoms with Crippen molar-refractivity contribution in [3.05, 3.63) is 58.0 Å². The fourth-order valence-corrected chi connectivity index (χ4v) is 2.29. The third kappa shape index (κ3) is 2.05. The first kappa shape index (κ1) is 11.4. The molecule has 0 bridgehead atoms. The molecule has 5 heteroatoms. The lowest BCUT2D eigenvalue weighted by Gasteiger charge is -2.04. The number of aromatic nitrogens is 3. The van der Waals surface area contributed by atoms with E-state index in [2.05, 4.69) is 9.97 Å². The first-order valence-corrected chi connectivity index (χ1v) is 6.30. The molecule has 2 aromatic heterocycles. The molecule has 1 N–H and O–H groups in total. The normalized spacial score (nSPS) is 10.9. The second kappa shape index (κ2) is 4.55. The highest BCUT2D eigenvalue weighted by Gasteiger charge is 2.05. The van der Waals surface area contributed by atoms with E-state index in [4.69, 9.17) is 23.8 Å². The van der Waals surface area contributed by atoms with Crippen molar-refractivity contribution < 1.29 is 0 Å². The quantitative estimate of drug-likeness (QED) is 0.722. The minimum absolute atomic E-state index is 0.679. The fraction of sp³-hybridized carbons (Fsp3) is 0.0769. The summed E-state index contributed by atoms with van der Waals surface area (Å²) in [5, 5.41) is 0.736. The lowest BCUT2D eigenvalue weighted by molar-refractivity contribution is 0.801. The van der Waals surface area contributed by atoms with E-state index in [9.17, 15) is 0 Å². The number of rotatable bonds is 2. The third-order valence-corrected chi connectivity index (χ3v) is 3.36. The number of aromatic amines is 1. The van der Waals surface area contributed by atoms with Gasteiger partial charge in [0.15, 0.2) is 10.4 Å². The molecule has 0 aliphatic heterocycles. The van der Waals surface area contributed by atoms with Gasteiger partial charge in [-0.05, 0) is 42.0 Å². The molecule has 2 heterocycles. The average molecular weight is 276 g/mol. The van der Waals surface area contributed by atoms with Gasteiger partial charge in [-0.25, -0.2) is 4.98 Å². The Hall–Kier alpha value is -1.65. The maximum absolute atomic E-state index is 5.87. The Balaban J connectivity index is 2.07. The van der Waals surface area contributed by atoms with Gasteiger partial charge in [0.25, 0.3) is 0 Å². The lowest BCUT2D eigenvalue weighted by atomic mass is 10.2. The molecule has 0 radical (unpaired) electrons. The number of hydrogen-bond acceptors (Lipinski definition) is 2. The van der Waals surface area contributed by atoms with Crippen molar-refractivity contribution in [1.29, 1.82) is 0 Å². The topological polar surface area (TPSA) is 33.6 Å².